The lowest BCUT2D eigenvalue weighted by Gasteiger charge is -2.30. The van der Waals surface area contributed by atoms with Gasteiger partial charge in [0.2, 0.25) is 0 Å². The molecule has 2 N–H and O–H groups in total. The summed E-state index contributed by atoms with van der Waals surface area (Å²) in [5, 5.41) is 11.7. The minimum absolute atomic E-state index is 0.351. The number of fused-ring (bicyclic) bond motifs is 1. The van der Waals surface area contributed by atoms with Crippen LogP contribution >= 0.6 is 0 Å². The van der Waals surface area contributed by atoms with Crippen molar-refractivity contribution in [1.82, 2.24) is 15.5 Å². The second-order valence-electron chi connectivity index (χ2n) is 6.03. The maximum atomic E-state index is 6.12. The summed E-state index contributed by atoms with van der Waals surface area (Å²) in [4.78, 5) is 0. The molecule has 0 unspecified atom stereocenters. The summed E-state index contributed by atoms with van der Waals surface area (Å²) in [6.45, 7) is 4.42. The highest BCUT2D eigenvalue weighted by molar-refractivity contribution is 5.79. The SMILES string of the molecule is CC(C)N[C@H]1CC[C@H](Oc2ccc3[nH]ncc3c2)CC1. The highest BCUT2D eigenvalue weighted by Crippen LogP contribution is 2.26. The standard InChI is InChI=1S/C16H23N3O/c1-11(2)18-13-3-5-14(6-4-13)20-15-7-8-16-12(9-15)10-17-19-16/h7-11,13-14,18H,3-6H2,1-2H3,(H,17,19)/t13-,14-. The van der Waals surface area contributed by atoms with Crippen LogP contribution in [0.1, 0.15) is 39.5 Å². The molecule has 0 spiro atoms. The summed E-state index contributed by atoms with van der Waals surface area (Å²) < 4.78 is 6.12. The van der Waals surface area contributed by atoms with Crippen LogP contribution in [0.25, 0.3) is 10.9 Å². The van der Waals surface area contributed by atoms with Gasteiger partial charge in [0.1, 0.15) is 5.75 Å². The second kappa shape index (κ2) is 5.83. The molecule has 1 heterocycles. The van der Waals surface area contributed by atoms with Crippen molar-refractivity contribution in [3.05, 3.63) is 24.4 Å². The lowest BCUT2D eigenvalue weighted by atomic mass is 9.92. The Bertz CT molecular complexity index is 556. The maximum Gasteiger partial charge on any atom is 0.120 e. The summed E-state index contributed by atoms with van der Waals surface area (Å²) >= 11 is 0. The fraction of sp³-hybridized carbons (Fsp3) is 0.562. The Morgan fingerprint density at radius 2 is 2.05 bits per heavy atom. The van der Waals surface area contributed by atoms with E-state index in [0.29, 0.717) is 18.2 Å². The number of nitrogens with one attached hydrogen (secondary N) is 2. The van der Waals surface area contributed by atoms with Gasteiger partial charge in [0.15, 0.2) is 0 Å². The zero-order chi connectivity index (χ0) is 13.9. The Hall–Kier alpha value is -1.55. The van der Waals surface area contributed by atoms with Crippen LogP contribution in [0.3, 0.4) is 0 Å². The molecule has 4 heteroatoms. The molecule has 108 valence electrons. The van der Waals surface area contributed by atoms with E-state index in [2.05, 4.69) is 35.4 Å². The number of nitrogens with zero attached hydrogens (tertiary/aromatic N) is 1. The lowest BCUT2D eigenvalue weighted by Crippen LogP contribution is -2.39. The molecule has 1 aromatic carbocycles. The molecular weight excluding hydrogens is 250 g/mol. The Labute approximate surface area is 119 Å². The number of rotatable bonds is 4. The smallest absolute Gasteiger partial charge is 0.120 e. The average Bonchev–Trinajstić information content (AvgIpc) is 2.88. The molecule has 1 aromatic heterocycles. The molecule has 4 nitrogen and oxygen atoms in total. The number of benzene rings is 1. The number of aromatic amines is 1. The van der Waals surface area contributed by atoms with Crippen LogP contribution < -0.4 is 10.1 Å². The molecule has 0 atom stereocenters. The first-order valence-electron chi connectivity index (χ1n) is 7.56. The fourth-order valence-corrected chi connectivity index (χ4v) is 3.01. The molecule has 0 aliphatic heterocycles. The van der Waals surface area contributed by atoms with Crippen molar-refractivity contribution in [2.45, 2.75) is 57.7 Å². The van der Waals surface area contributed by atoms with Gasteiger partial charge in [0.25, 0.3) is 0 Å². The summed E-state index contributed by atoms with van der Waals surface area (Å²) in [5.74, 6) is 0.958. The number of hydrogen-bond donors (Lipinski definition) is 2. The molecule has 1 saturated carbocycles. The fourth-order valence-electron chi connectivity index (χ4n) is 3.01. The molecule has 3 rings (SSSR count). The van der Waals surface area contributed by atoms with E-state index in [0.717, 1.165) is 29.5 Å². The highest BCUT2D eigenvalue weighted by atomic mass is 16.5. The molecule has 20 heavy (non-hydrogen) atoms. The Morgan fingerprint density at radius 1 is 1.25 bits per heavy atom. The molecule has 0 amide bonds. The number of aromatic nitrogens is 2. The molecule has 2 aromatic rings. The van der Waals surface area contributed by atoms with Crippen molar-refractivity contribution >= 4 is 10.9 Å². The van der Waals surface area contributed by atoms with Crippen LogP contribution in [-0.4, -0.2) is 28.4 Å². The van der Waals surface area contributed by atoms with Gasteiger partial charge in [0, 0.05) is 17.5 Å². The van der Waals surface area contributed by atoms with Gasteiger partial charge < -0.3 is 10.1 Å². The van der Waals surface area contributed by atoms with Crippen LogP contribution in [-0.2, 0) is 0 Å². The van der Waals surface area contributed by atoms with Crippen molar-refractivity contribution in [2.24, 2.45) is 0 Å². The monoisotopic (exact) mass is 273 g/mol. The van der Waals surface area contributed by atoms with Crippen LogP contribution in [0.2, 0.25) is 0 Å². The molecule has 0 saturated heterocycles. The topological polar surface area (TPSA) is 49.9 Å². The number of H-pyrrole nitrogens is 1. The predicted molar refractivity (Wildman–Crippen MR) is 81.0 cm³/mol. The first-order valence-corrected chi connectivity index (χ1v) is 7.56. The van der Waals surface area contributed by atoms with Crippen molar-refractivity contribution in [1.29, 1.82) is 0 Å². The van der Waals surface area contributed by atoms with Crippen molar-refractivity contribution in [3.63, 3.8) is 0 Å². The molecule has 1 aliphatic carbocycles. The van der Waals surface area contributed by atoms with Gasteiger partial charge in [-0.05, 0) is 43.9 Å². The van der Waals surface area contributed by atoms with Crippen molar-refractivity contribution < 1.29 is 4.74 Å². The maximum absolute atomic E-state index is 6.12. The number of hydrogen-bond acceptors (Lipinski definition) is 3. The van der Waals surface area contributed by atoms with Gasteiger partial charge in [-0.3, -0.25) is 5.10 Å². The first kappa shape index (κ1) is 13.4. The van der Waals surface area contributed by atoms with Crippen LogP contribution in [0.5, 0.6) is 5.75 Å². The zero-order valence-corrected chi connectivity index (χ0v) is 12.2. The Balaban J connectivity index is 1.56. The third kappa shape index (κ3) is 3.12. The summed E-state index contributed by atoms with van der Waals surface area (Å²) in [7, 11) is 0. The molecule has 0 radical (unpaired) electrons. The summed E-state index contributed by atoms with van der Waals surface area (Å²) in [5.41, 5.74) is 1.06. The van der Waals surface area contributed by atoms with Gasteiger partial charge in [-0.25, -0.2) is 0 Å². The third-order valence-corrected chi connectivity index (χ3v) is 3.96. The third-order valence-electron chi connectivity index (χ3n) is 3.96. The molecule has 1 fully saturated rings. The van der Waals surface area contributed by atoms with Crippen LogP contribution in [0.15, 0.2) is 24.4 Å². The normalized spacial score (nSPS) is 23.4. The number of ether oxygens (including phenoxy) is 1. The second-order valence-corrected chi connectivity index (χ2v) is 6.03. The van der Waals surface area contributed by atoms with E-state index in [1.165, 1.54) is 12.8 Å². The van der Waals surface area contributed by atoms with Crippen LogP contribution in [0.4, 0.5) is 0 Å². The minimum atomic E-state index is 0.351. The predicted octanol–water partition coefficient (Wildman–Crippen LogP) is 3.25. The van der Waals surface area contributed by atoms with Gasteiger partial charge in [0.05, 0.1) is 17.8 Å². The van der Waals surface area contributed by atoms with Gasteiger partial charge in [-0.2, -0.15) is 5.10 Å². The minimum Gasteiger partial charge on any atom is -0.490 e. The van der Waals surface area contributed by atoms with E-state index in [9.17, 15) is 0 Å². The molecule has 1 aliphatic rings. The van der Waals surface area contributed by atoms with Gasteiger partial charge >= 0.3 is 0 Å². The van der Waals surface area contributed by atoms with Crippen LogP contribution in [0, 0.1) is 0 Å². The quantitative estimate of drug-likeness (QED) is 0.899. The largest absolute Gasteiger partial charge is 0.490 e. The van der Waals surface area contributed by atoms with E-state index in [4.69, 9.17) is 4.74 Å². The Morgan fingerprint density at radius 3 is 2.80 bits per heavy atom. The van der Waals surface area contributed by atoms with E-state index < -0.39 is 0 Å². The zero-order valence-electron chi connectivity index (χ0n) is 12.2. The lowest BCUT2D eigenvalue weighted by molar-refractivity contribution is 0.138. The van der Waals surface area contributed by atoms with E-state index in [1.807, 2.05) is 18.3 Å². The first-order chi connectivity index (χ1) is 9.70. The van der Waals surface area contributed by atoms with E-state index in [1.54, 1.807) is 0 Å². The summed E-state index contributed by atoms with van der Waals surface area (Å²) in [6, 6.07) is 7.35. The van der Waals surface area contributed by atoms with Gasteiger partial charge in [-0.1, -0.05) is 13.8 Å². The van der Waals surface area contributed by atoms with Crippen molar-refractivity contribution in [2.75, 3.05) is 0 Å². The van der Waals surface area contributed by atoms with Crippen molar-refractivity contribution in [3.8, 4) is 5.75 Å². The summed E-state index contributed by atoms with van der Waals surface area (Å²) in [6.07, 6.45) is 6.87. The Kier molecular flexibility index (Phi) is 3.92. The molecular formula is C16H23N3O. The molecule has 0 bridgehead atoms. The average molecular weight is 273 g/mol. The van der Waals surface area contributed by atoms with E-state index in [-0.39, 0.29) is 0 Å². The van der Waals surface area contributed by atoms with E-state index >= 15 is 0 Å². The van der Waals surface area contributed by atoms with Gasteiger partial charge in [-0.15, -0.1) is 0 Å². The highest BCUT2D eigenvalue weighted by Gasteiger charge is 2.22.